The standard InChI is InChI=1S/C60H40N2/c1-4-13-41(14-5-1)43-23-25-44(26-24-43)46-27-33-50(34-28-46)61-57-22-11-10-19-53(57)55-39-48(31-37-58(55)61)49-32-38-59-56(40-49)54-21-12-20-52(47-17-8-3-9-18-47)60(54)62(59)51-35-29-45(30-36-51)42-15-6-2-7-16-42/h1-40H. The van der Waals surface area contributed by atoms with Crippen molar-refractivity contribution in [1.82, 2.24) is 9.13 Å². The Morgan fingerprint density at radius 2 is 0.581 bits per heavy atom. The zero-order valence-electron chi connectivity index (χ0n) is 34.0. The van der Waals surface area contributed by atoms with Crippen LogP contribution in [-0.2, 0) is 0 Å². The van der Waals surface area contributed by atoms with Gasteiger partial charge in [-0.15, -0.1) is 0 Å². The molecule has 2 heterocycles. The molecule has 0 atom stereocenters. The third-order valence-corrected chi connectivity index (χ3v) is 12.6. The molecule has 10 aromatic carbocycles. The zero-order valence-corrected chi connectivity index (χ0v) is 34.0. The van der Waals surface area contributed by atoms with Crippen molar-refractivity contribution in [2.45, 2.75) is 0 Å². The van der Waals surface area contributed by atoms with Crippen molar-refractivity contribution in [2.24, 2.45) is 0 Å². The molecule has 0 aliphatic rings. The summed E-state index contributed by atoms with van der Waals surface area (Å²) in [5.74, 6) is 0. The molecular weight excluding hydrogens is 749 g/mol. The van der Waals surface area contributed by atoms with Crippen LogP contribution in [-0.4, -0.2) is 9.13 Å². The van der Waals surface area contributed by atoms with E-state index in [0.717, 1.165) is 11.4 Å². The minimum absolute atomic E-state index is 1.14. The van der Waals surface area contributed by atoms with E-state index in [9.17, 15) is 0 Å². The van der Waals surface area contributed by atoms with Gasteiger partial charge in [0.25, 0.3) is 0 Å². The second kappa shape index (κ2) is 14.8. The Hall–Kier alpha value is -8.20. The first-order chi connectivity index (χ1) is 30.7. The Balaban J connectivity index is 0.956. The largest absolute Gasteiger partial charge is 0.309 e. The molecule has 12 rings (SSSR count). The predicted octanol–water partition coefficient (Wildman–Crippen LogP) is 16.2. The van der Waals surface area contributed by atoms with E-state index < -0.39 is 0 Å². The Morgan fingerprint density at radius 1 is 0.210 bits per heavy atom. The summed E-state index contributed by atoms with van der Waals surface area (Å²) in [6, 6.07) is 88.3. The van der Waals surface area contributed by atoms with Crippen LogP contribution in [0.5, 0.6) is 0 Å². The van der Waals surface area contributed by atoms with E-state index in [1.165, 1.54) is 99.2 Å². The summed E-state index contributed by atoms with van der Waals surface area (Å²) in [5, 5.41) is 4.96. The highest BCUT2D eigenvalue weighted by Crippen LogP contribution is 2.41. The molecular formula is C60H40N2. The molecule has 0 saturated carbocycles. The fourth-order valence-corrected chi connectivity index (χ4v) is 9.52. The van der Waals surface area contributed by atoms with Gasteiger partial charge >= 0.3 is 0 Å². The number of rotatable bonds is 7. The second-order valence-corrected chi connectivity index (χ2v) is 16.1. The number of nitrogens with zero attached hydrogens (tertiary/aromatic N) is 2. The number of hydrogen-bond acceptors (Lipinski definition) is 0. The fourth-order valence-electron chi connectivity index (χ4n) is 9.52. The van der Waals surface area contributed by atoms with Crippen LogP contribution in [0.15, 0.2) is 243 Å². The molecule has 0 unspecified atom stereocenters. The average molecular weight is 789 g/mol. The maximum Gasteiger partial charge on any atom is 0.0619 e. The summed E-state index contributed by atoms with van der Waals surface area (Å²) < 4.78 is 4.86. The monoisotopic (exact) mass is 788 g/mol. The Morgan fingerprint density at radius 3 is 1.13 bits per heavy atom. The number of para-hydroxylation sites is 2. The van der Waals surface area contributed by atoms with Gasteiger partial charge in [0.05, 0.1) is 22.1 Å². The topological polar surface area (TPSA) is 9.86 Å². The highest BCUT2D eigenvalue weighted by Gasteiger charge is 2.19. The van der Waals surface area contributed by atoms with Crippen LogP contribution in [0.4, 0.5) is 0 Å². The lowest BCUT2D eigenvalue weighted by Gasteiger charge is -2.13. The van der Waals surface area contributed by atoms with Gasteiger partial charge in [-0.2, -0.15) is 0 Å². The summed E-state index contributed by atoms with van der Waals surface area (Å²) in [5.41, 5.74) is 19.2. The van der Waals surface area contributed by atoms with Gasteiger partial charge in [-0.3, -0.25) is 0 Å². The molecule has 2 nitrogen and oxygen atoms in total. The van der Waals surface area contributed by atoms with Crippen molar-refractivity contribution in [1.29, 1.82) is 0 Å². The van der Waals surface area contributed by atoms with Crippen LogP contribution in [0.25, 0.3) is 111 Å². The van der Waals surface area contributed by atoms with Gasteiger partial charge in [0.2, 0.25) is 0 Å². The first-order valence-electron chi connectivity index (χ1n) is 21.3. The summed E-state index contributed by atoms with van der Waals surface area (Å²) in [4.78, 5) is 0. The molecule has 0 aliphatic carbocycles. The zero-order chi connectivity index (χ0) is 41.0. The maximum absolute atomic E-state index is 2.45. The number of aromatic nitrogens is 2. The summed E-state index contributed by atoms with van der Waals surface area (Å²) in [7, 11) is 0. The predicted molar refractivity (Wildman–Crippen MR) is 262 cm³/mol. The van der Waals surface area contributed by atoms with Crippen molar-refractivity contribution in [3.8, 4) is 67.0 Å². The number of benzene rings is 10. The molecule has 0 bridgehead atoms. The number of fused-ring (bicyclic) bond motifs is 6. The van der Waals surface area contributed by atoms with Crippen LogP contribution >= 0.6 is 0 Å². The van der Waals surface area contributed by atoms with Crippen molar-refractivity contribution in [2.75, 3.05) is 0 Å². The van der Waals surface area contributed by atoms with Gasteiger partial charge < -0.3 is 9.13 Å². The first kappa shape index (κ1) is 35.7. The lowest BCUT2D eigenvalue weighted by Crippen LogP contribution is -1.95. The molecule has 0 saturated heterocycles. The van der Waals surface area contributed by atoms with Crippen LogP contribution in [0.1, 0.15) is 0 Å². The van der Waals surface area contributed by atoms with Crippen LogP contribution < -0.4 is 0 Å². The quantitative estimate of drug-likeness (QED) is 0.152. The van der Waals surface area contributed by atoms with E-state index in [-0.39, 0.29) is 0 Å². The molecule has 0 amide bonds. The van der Waals surface area contributed by atoms with E-state index in [1.54, 1.807) is 0 Å². The third-order valence-electron chi connectivity index (χ3n) is 12.6. The molecule has 0 N–H and O–H groups in total. The normalized spacial score (nSPS) is 11.5. The molecule has 62 heavy (non-hydrogen) atoms. The van der Waals surface area contributed by atoms with Gasteiger partial charge in [-0.1, -0.05) is 188 Å². The highest BCUT2D eigenvalue weighted by molar-refractivity contribution is 6.15. The third kappa shape index (κ3) is 6.04. The lowest BCUT2D eigenvalue weighted by molar-refractivity contribution is 1.18. The molecule has 2 aromatic heterocycles. The van der Waals surface area contributed by atoms with Crippen molar-refractivity contribution in [3.63, 3.8) is 0 Å². The minimum Gasteiger partial charge on any atom is -0.309 e. The van der Waals surface area contributed by atoms with Crippen LogP contribution in [0.2, 0.25) is 0 Å². The van der Waals surface area contributed by atoms with E-state index in [1.807, 2.05) is 0 Å². The Bertz CT molecular complexity index is 3560. The second-order valence-electron chi connectivity index (χ2n) is 16.1. The molecule has 290 valence electrons. The maximum atomic E-state index is 2.45. The van der Waals surface area contributed by atoms with Crippen molar-refractivity contribution < 1.29 is 0 Å². The summed E-state index contributed by atoms with van der Waals surface area (Å²) in [6.45, 7) is 0. The Labute approximate surface area is 360 Å². The average Bonchev–Trinajstić information content (AvgIpc) is 3.87. The highest BCUT2D eigenvalue weighted by atomic mass is 15.0. The molecule has 0 aliphatic heterocycles. The van der Waals surface area contributed by atoms with Gasteiger partial charge in [0.1, 0.15) is 0 Å². The summed E-state index contributed by atoms with van der Waals surface area (Å²) >= 11 is 0. The van der Waals surface area contributed by atoms with Gasteiger partial charge in [0.15, 0.2) is 0 Å². The van der Waals surface area contributed by atoms with Crippen LogP contribution in [0, 0.1) is 0 Å². The van der Waals surface area contributed by atoms with E-state index in [4.69, 9.17) is 0 Å². The Kier molecular flexibility index (Phi) is 8.53. The van der Waals surface area contributed by atoms with E-state index >= 15 is 0 Å². The lowest BCUT2D eigenvalue weighted by atomic mass is 9.99. The van der Waals surface area contributed by atoms with Gasteiger partial charge in [-0.25, -0.2) is 0 Å². The summed E-state index contributed by atoms with van der Waals surface area (Å²) in [6.07, 6.45) is 0. The minimum atomic E-state index is 1.14. The number of hydrogen-bond donors (Lipinski definition) is 0. The smallest absolute Gasteiger partial charge is 0.0619 e. The molecule has 12 aromatic rings. The van der Waals surface area contributed by atoms with Crippen molar-refractivity contribution in [3.05, 3.63) is 243 Å². The molecule has 0 radical (unpaired) electrons. The van der Waals surface area contributed by atoms with Gasteiger partial charge in [0, 0.05) is 38.5 Å². The molecule has 2 heteroatoms. The first-order valence-corrected chi connectivity index (χ1v) is 21.3. The fraction of sp³-hybridized carbons (Fsp3) is 0. The van der Waals surface area contributed by atoms with E-state index in [0.29, 0.717) is 0 Å². The molecule has 0 fully saturated rings. The van der Waals surface area contributed by atoms with Gasteiger partial charge in [-0.05, 0) is 105 Å². The molecule has 0 spiro atoms. The SMILES string of the molecule is c1ccc(-c2ccc(-c3ccc(-n4c5ccccc5c5cc(-c6ccc7c(c6)c6cccc(-c8ccccc8)c6n7-c6ccc(-c7ccccc7)cc6)ccc54)cc3)cc2)cc1. The van der Waals surface area contributed by atoms with Crippen molar-refractivity contribution >= 4 is 43.6 Å². The van der Waals surface area contributed by atoms with Crippen LogP contribution in [0.3, 0.4) is 0 Å². The van der Waals surface area contributed by atoms with E-state index in [2.05, 4.69) is 252 Å².